The number of benzene rings is 1. The number of aliphatic hydroxyl groups is 1. The first-order chi connectivity index (χ1) is 13.1. The van der Waals surface area contributed by atoms with Gasteiger partial charge in [-0.25, -0.2) is 4.99 Å². The molecule has 0 saturated heterocycles. The Morgan fingerprint density at radius 3 is 2.70 bits per heavy atom. The quantitative estimate of drug-likeness (QED) is 0.437. The number of ether oxygens (including phenoxy) is 1. The Hall–Kier alpha value is -2.38. The van der Waals surface area contributed by atoms with Gasteiger partial charge in [0.15, 0.2) is 11.7 Å². The Morgan fingerprint density at radius 1 is 1.26 bits per heavy atom. The minimum Gasteiger partial charge on any atom is -0.389 e. The smallest absolute Gasteiger partial charge is 0.191 e. The minimum absolute atomic E-state index is 0.251. The molecule has 1 atom stereocenters. The molecule has 1 aromatic heterocycles. The van der Waals surface area contributed by atoms with Crippen molar-refractivity contribution in [3.63, 3.8) is 0 Å². The number of aliphatic hydroxyl groups excluding tert-OH is 1. The molecule has 0 aliphatic carbocycles. The fourth-order valence-corrected chi connectivity index (χ4v) is 2.33. The molecule has 7 nitrogen and oxygen atoms in total. The van der Waals surface area contributed by atoms with Crippen LogP contribution in [0.3, 0.4) is 0 Å². The number of hydrogen-bond donors (Lipinski definition) is 3. The number of guanidine groups is 1. The lowest BCUT2D eigenvalue weighted by molar-refractivity contribution is 0.0308. The highest BCUT2D eigenvalue weighted by Crippen LogP contribution is 2.14. The molecule has 0 saturated carbocycles. The van der Waals surface area contributed by atoms with E-state index in [0.717, 1.165) is 17.8 Å². The summed E-state index contributed by atoms with van der Waals surface area (Å²) in [6.45, 7) is 8.30. The van der Waals surface area contributed by atoms with Crippen LogP contribution in [0.15, 0.2) is 45.9 Å². The first-order valence-electron chi connectivity index (χ1n) is 9.35. The molecule has 2 rings (SSSR count). The van der Waals surface area contributed by atoms with Crippen molar-refractivity contribution in [3.8, 4) is 0 Å². The van der Waals surface area contributed by atoms with Gasteiger partial charge in [0, 0.05) is 19.2 Å². The average Bonchev–Trinajstić information content (AvgIpc) is 3.14. The molecule has 0 fully saturated rings. The molecule has 2 aromatic rings. The van der Waals surface area contributed by atoms with E-state index in [-0.39, 0.29) is 6.61 Å². The van der Waals surface area contributed by atoms with Gasteiger partial charge in [0.05, 0.1) is 25.0 Å². The maximum absolute atomic E-state index is 10.1. The summed E-state index contributed by atoms with van der Waals surface area (Å²) in [6.07, 6.45) is -0.629. The maximum atomic E-state index is 10.1. The third-order valence-corrected chi connectivity index (χ3v) is 3.83. The highest BCUT2D eigenvalue weighted by atomic mass is 16.5. The average molecular weight is 374 g/mol. The number of rotatable bonds is 10. The number of aromatic nitrogens is 1. The van der Waals surface area contributed by atoms with Crippen molar-refractivity contribution in [1.29, 1.82) is 0 Å². The summed E-state index contributed by atoms with van der Waals surface area (Å²) < 4.78 is 10.8. The summed E-state index contributed by atoms with van der Waals surface area (Å²) in [5.41, 5.74) is 2.00. The van der Waals surface area contributed by atoms with E-state index in [1.807, 2.05) is 43.3 Å². The summed E-state index contributed by atoms with van der Waals surface area (Å²) in [6, 6.07) is 11.8. The third-order valence-electron chi connectivity index (χ3n) is 3.83. The molecule has 7 heteroatoms. The lowest BCUT2D eigenvalue weighted by Crippen LogP contribution is -2.42. The SMILES string of the molecule is CCNC(=NCc1cc(C(C)C)no1)NCC(O)COCc1ccccc1. The maximum Gasteiger partial charge on any atom is 0.191 e. The first-order valence-corrected chi connectivity index (χ1v) is 9.35. The van der Waals surface area contributed by atoms with Crippen LogP contribution in [0.2, 0.25) is 0 Å². The van der Waals surface area contributed by atoms with Crippen LogP contribution >= 0.6 is 0 Å². The molecule has 1 heterocycles. The number of hydrogen-bond acceptors (Lipinski definition) is 5. The summed E-state index contributed by atoms with van der Waals surface area (Å²) in [5, 5.41) is 20.4. The Kier molecular flexibility index (Phi) is 8.80. The molecule has 0 aliphatic heterocycles. The second kappa shape index (κ2) is 11.4. The fraction of sp³-hybridized carbons (Fsp3) is 0.500. The van der Waals surface area contributed by atoms with E-state index in [4.69, 9.17) is 9.26 Å². The molecule has 0 radical (unpaired) electrons. The zero-order valence-electron chi connectivity index (χ0n) is 16.3. The molecular formula is C20H30N4O3. The molecule has 1 aromatic carbocycles. The monoisotopic (exact) mass is 374 g/mol. The van der Waals surface area contributed by atoms with E-state index in [2.05, 4.69) is 34.6 Å². The molecule has 0 bridgehead atoms. The Bertz CT molecular complexity index is 686. The predicted octanol–water partition coefficient (Wildman–Crippen LogP) is 2.43. The molecule has 0 aliphatic rings. The van der Waals surface area contributed by atoms with Gasteiger partial charge in [0.25, 0.3) is 0 Å². The lowest BCUT2D eigenvalue weighted by Gasteiger charge is -2.15. The van der Waals surface area contributed by atoms with Gasteiger partial charge in [-0.15, -0.1) is 0 Å². The highest BCUT2D eigenvalue weighted by molar-refractivity contribution is 5.79. The van der Waals surface area contributed by atoms with Crippen molar-refractivity contribution in [2.75, 3.05) is 19.7 Å². The summed E-state index contributed by atoms with van der Waals surface area (Å²) in [5.74, 6) is 1.65. The molecule has 3 N–H and O–H groups in total. The summed E-state index contributed by atoms with van der Waals surface area (Å²) >= 11 is 0. The van der Waals surface area contributed by atoms with Crippen molar-refractivity contribution < 1.29 is 14.4 Å². The molecule has 0 spiro atoms. The zero-order chi connectivity index (χ0) is 19.5. The van der Waals surface area contributed by atoms with Crippen LogP contribution in [0.1, 0.15) is 43.7 Å². The second-order valence-corrected chi connectivity index (χ2v) is 6.60. The van der Waals surface area contributed by atoms with Crippen LogP contribution < -0.4 is 10.6 Å². The van der Waals surface area contributed by atoms with Gasteiger partial charge >= 0.3 is 0 Å². The van der Waals surface area contributed by atoms with Crippen LogP contribution in [0, 0.1) is 0 Å². The van der Waals surface area contributed by atoms with Crippen LogP contribution in [0.25, 0.3) is 0 Å². The summed E-state index contributed by atoms with van der Waals surface area (Å²) in [7, 11) is 0. The van der Waals surface area contributed by atoms with Crippen molar-refractivity contribution in [1.82, 2.24) is 15.8 Å². The third kappa shape index (κ3) is 7.80. The zero-order valence-corrected chi connectivity index (χ0v) is 16.3. The van der Waals surface area contributed by atoms with Gasteiger partial charge in [-0.2, -0.15) is 0 Å². The van der Waals surface area contributed by atoms with Gasteiger partial charge in [0.1, 0.15) is 6.54 Å². The molecule has 0 amide bonds. The molecule has 148 valence electrons. The Morgan fingerprint density at radius 2 is 2.04 bits per heavy atom. The molecular weight excluding hydrogens is 344 g/mol. The largest absolute Gasteiger partial charge is 0.389 e. The lowest BCUT2D eigenvalue weighted by atomic mass is 10.1. The molecule has 27 heavy (non-hydrogen) atoms. The van der Waals surface area contributed by atoms with Crippen molar-refractivity contribution in [2.24, 2.45) is 4.99 Å². The van der Waals surface area contributed by atoms with Crippen LogP contribution in [0.4, 0.5) is 0 Å². The van der Waals surface area contributed by atoms with Gasteiger partial charge < -0.3 is 25.0 Å². The van der Waals surface area contributed by atoms with E-state index < -0.39 is 6.10 Å². The van der Waals surface area contributed by atoms with Crippen LogP contribution in [0.5, 0.6) is 0 Å². The van der Waals surface area contributed by atoms with E-state index in [9.17, 15) is 5.11 Å². The molecule has 1 unspecified atom stereocenters. The number of aliphatic imine (C=N–C) groups is 1. The van der Waals surface area contributed by atoms with Crippen molar-refractivity contribution >= 4 is 5.96 Å². The van der Waals surface area contributed by atoms with Crippen molar-refractivity contribution in [3.05, 3.63) is 53.4 Å². The minimum atomic E-state index is -0.629. The van der Waals surface area contributed by atoms with E-state index in [1.165, 1.54) is 0 Å². The summed E-state index contributed by atoms with van der Waals surface area (Å²) in [4.78, 5) is 4.46. The van der Waals surface area contributed by atoms with Crippen molar-refractivity contribution in [2.45, 2.75) is 45.9 Å². The standard InChI is InChI=1S/C20H30N4O3/c1-4-21-20(23-12-18-10-19(15(2)3)24-27-18)22-11-17(25)14-26-13-16-8-6-5-7-9-16/h5-10,15,17,25H,4,11-14H2,1-3H3,(H2,21,22,23). The fourth-order valence-electron chi connectivity index (χ4n) is 2.33. The normalized spacial score (nSPS) is 13.0. The van der Waals surface area contributed by atoms with E-state index in [0.29, 0.717) is 37.3 Å². The first kappa shape index (κ1) is 20.9. The van der Waals surface area contributed by atoms with E-state index >= 15 is 0 Å². The van der Waals surface area contributed by atoms with Gasteiger partial charge in [0.2, 0.25) is 0 Å². The second-order valence-electron chi connectivity index (χ2n) is 6.60. The topological polar surface area (TPSA) is 91.9 Å². The Labute approximate surface area is 160 Å². The van der Waals surface area contributed by atoms with Gasteiger partial charge in [-0.05, 0) is 18.4 Å². The van der Waals surface area contributed by atoms with Gasteiger partial charge in [-0.3, -0.25) is 0 Å². The highest BCUT2D eigenvalue weighted by Gasteiger charge is 2.09. The predicted molar refractivity (Wildman–Crippen MR) is 106 cm³/mol. The number of nitrogens with one attached hydrogen (secondary N) is 2. The van der Waals surface area contributed by atoms with Crippen LogP contribution in [-0.4, -0.2) is 42.0 Å². The van der Waals surface area contributed by atoms with E-state index in [1.54, 1.807) is 0 Å². The van der Waals surface area contributed by atoms with Crippen LogP contribution in [-0.2, 0) is 17.9 Å². The number of nitrogens with zero attached hydrogens (tertiary/aromatic N) is 2. The van der Waals surface area contributed by atoms with Gasteiger partial charge in [-0.1, -0.05) is 49.3 Å². The Balaban J connectivity index is 1.75.